The molecule has 5 rings (SSSR count). The Labute approximate surface area is 204 Å². The Morgan fingerprint density at radius 2 is 1.85 bits per heavy atom. The van der Waals surface area contributed by atoms with Crippen molar-refractivity contribution in [2.24, 2.45) is 5.92 Å². The smallest absolute Gasteiger partial charge is 0.337 e. The molecule has 0 amide bonds. The van der Waals surface area contributed by atoms with Crippen LogP contribution in [-0.4, -0.2) is 26.6 Å². The molecule has 1 heterocycles. The summed E-state index contributed by atoms with van der Waals surface area (Å²) in [5.74, 6) is -1.58. The van der Waals surface area contributed by atoms with Crippen molar-refractivity contribution in [2.45, 2.75) is 33.9 Å². The fourth-order valence-corrected chi connectivity index (χ4v) is 7.14. The van der Waals surface area contributed by atoms with Gasteiger partial charge < -0.3 is 10.4 Å². The number of hydrogen-bond donors (Lipinski definition) is 2. The standard InChI is InChI=1S/C25H20ClFN2O4S/c26-22-20(34-19-7-2-1-6-18(19)29(32)33)12-17-21(22)15-4-3-5-16(25(30)31)24(15)28-23(17)13-8-10-14(27)11-9-13/h1-11,17,20-23,28H,12H2,(H,30,31)/t17-,20+,21-,22+,23-/m0/s1. The molecule has 9 heteroatoms. The fourth-order valence-electron chi connectivity index (χ4n) is 5.19. The second-order valence-corrected chi connectivity index (χ2v) is 10.3. The topological polar surface area (TPSA) is 92.5 Å². The summed E-state index contributed by atoms with van der Waals surface area (Å²) >= 11 is 8.43. The van der Waals surface area contributed by atoms with E-state index in [2.05, 4.69) is 5.32 Å². The van der Waals surface area contributed by atoms with E-state index in [-0.39, 0.29) is 45.6 Å². The number of hydrogen-bond acceptors (Lipinski definition) is 5. The van der Waals surface area contributed by atoms with Gasteiger partial charge in [0.2, 0.25) is 0 Å². The highest BCUT2D eigenvalue weighted by atomic mass is 35.5. The highest BCUT2D eigenvalue weighted by Crippen LogP contribution is 2.58. The molecule has 3 aromatic rings. The number of nitrogens with one attached hydrogen (secondary N) is 1. The summed E-state index contributed by atoms with van der Waals surface area (Å²) in [7, 11) is 0. The van der Waals surface area contributed by atoms with Gasteiger partial charge >= 0.3 is 5.97 Å². The van der Waals surface area contributed by atoms with E-state index in [1.165, 1.54) is 30.0 Å². The summed E-state index contributed by atoms with van der Waals surface area (Å²) in [6, 6.07) is 17.6. The molecule has 1 fully saturated rings. The predicted molar refractivity (Wildman–Crippen MR) is 129 cm³/mol. The summed E-state index contributed by atoms with van der Waals surface area (Å²) in [6.07, 6.45) is 0.654. The Morgan fingerprint density at radius 1 is 1.12 bits per heavy atom. The molecule has 174 valence electrons. The molecule has 0 unspecified atom stereocenters. The van der Waals surface area contributed by atoms with E-state index in [1.807, 2.05) is 6.07 Å². The van der Waals surface area contributed by atoms with E-state index in [1.54, 1.807) is 42.5 Å². The molecule has 1 aliphatic carbocycles. The van der Waals surface area contributed by atoms with Gasteiger partial charge in [-0.15, -0.1) is 23.4 Å². The Bertz CT molecular complexity index is 1270. The van der Waals surface area contributed by atoms with Crippen LogP contribution < -0.4 is 5.32 Å². The molecular formula is C25H20ClFN2O4S. The number of alkyl halides is 1. The van der Waals surface area contributed by atoms with E-state index >= 15 is 0 Å². The van der Waals surface area contributed by atoms with Crippen molar-refractivity contribution in [1.29, 1.82) is 0 Å². The number of fused-ring (bicyclic) bond motifs is 3. The maximum absolute atomic E-state index is 13.6. The van der Waals surface area contributed by atoms with Gasteiger partial charge in [-0.05, 0) is 47.7 Å². The van der Waals surface area contributed by atoms with Gasteiger partial charge in [-0.1, -0.05) is 36.4 Å². The van der Waals surface area contributed by atoms with Crippen LogP contribution in [0.3, 0.4) is 0 Å². The summed E-state index contributed by atoms with van der Waals surface area (Å²) in [6.45, 7) is 0. The van der Waals surface area contributed by atoms with Crippen molar-refractivity contribution in [1.82, 2.24) is 0 Å². The Morgan fingerprint density at radius 3 is 2.56 bits per heavy atom. The van der Waals surface area contributed by atoms with Gasteiger partial charge in [0.1, 0.15) is 5.82 Å². The normalized spacial score (nSPS) is 25.2. The van der Waals surface area contributed by atoms with Crippen molar-refractivity contribution in [3.8, 4) is 0 Å². The number of para-hydroxylation sites is 2. The van der Waals surface area contributed by atoms with E-state index < -0.39 is 10.9 Å². The zero-order chi connectivity index (χ0) is 24.0. The SMILES string of the molecule is O=C(O)c1cccc2c1N[C@@H](c1ccc(F)cc1)[C@H]1C[C@@H](Sc3ccccc3[N+](=O)[O-])[C@@H](Cl)[C@@H]21. The largest absolute Gasteiger partial charge is 0.478 e. The van der Waals surface area contributed by atoms with Crippen LogP contribution in [0.4, 0.5) is 15.8 Å². The van der Waals surface area contributed by atoms with Gasteiger partial charge in [0.15, 0.2) is 0 Å². The summed E-state index contributed by atoms with van der Waals surface area (Å²) < 4.78 is 13.6. The number of thioether (sulfide) groups is 1. The van der Waals surface area contributed by atoms with Gasteiger partial charge in [-0.3, -0.25) is 10.1 Å². The second kappa shape index (κ2) is 8.92. The third-order valence-corrected chi connectivity index (χ3v) is 8.76. The Kier molecular flexibility index (Phi) is 5.95. The van der Waals surface area contributed by atoms with Crippen LogP contribution in [0.15, 0.2) is 71.6 Å². The van der Waals surface area contributed by atoms with Gasteiger partial charge in [-0.25, -0.2) is 9.18 Å². The molecule has 2 aliphatic rings. The predicted octanol–water partition coefficient (Wildman–Crippen LogP) is 6.47. The minimum atomic E-state index is -1.05. The number of nitro groups is 1. The molecule has 5 atom stereocenters. The molecule has 2 N–H and O–H groups in total. The molecule has 1 aliphatic heterocycles. The van der Waals surface area contributed by atoms with Crippen LogP contribution in [0, 0.1) is 21.8 Å². The fraction of sp³-hybridized carbons (Fsp3) is 0.240. The monoisotopic (exact) mass is 498 g/mol. The molecule has 0 aromatic heterocycles. The van der Waals surface area contributed by atoms with Crippen molar-refractivity contribution in [3.05, 3.63) is 99.4 Å². The van der Waals surface area contributed by atoms with Gasteiger partial charge in [-0.2, -0.15) is 0 Å². The number of benzene rings is 3. The maximum Gasteiger partial charge on any atom is 0.337 e. The molecule has 1 saturated carbocycles. The average molecular weight is 499 g/mol. The maximum atomic E-state index is 13.6. The Hall–Kier alpha value is -3.10. The summed E-state index contributed by atoms with van der Waals surface area (Å²) in [4.78, 5) is 23.6. The average Bonchev–Trinajstić information content (AvgIpc) is 3.15. The third kappa shape index (κ3) is 3.91. The van der Waals surface area contributed by atoms with Gasteiger partial charge in [0.25, 0.3) is 5.69 Å². The first-order chi connectivity index (χ1) is 16.3. The lowest BCUT2D eigenvalue weighted by Crippen LogP contribution is -2.32. The number of rotatable bonds is 5. The summed E-state index contributed by atoms with van der Waals surface area (Å²) in [5.41, 5.74) is 2.37. The van der Waals surface area contributed by atoms with Crippen LogP contribution >= 0.6 is 23.4 Å². The number of carbonyl (C=O) groups is 1. The summed E-state index contributed by atoms with van der Waals surface area (Å²) in [5, 5.41) is 24.2. The van der Waals surface area contributed by atoms with Crippen molar-refractivity contribution in [3.63, 3.8) is 0 Å². The van der Waals surface area contributed by atoms with Crippen molar-refractivity contribution < 1.29 is 19.2 Å². The minimum Gasteiger partial charge on any atom is -0.478 e. The van der Waals surface area contributed by atoms with Gasteiger partial charge in [0, 0.05) is 17.2 Å². The molecule has 0 spiro atoms. The first-order valence-electron chi connectivity index (χ1n) is 10.8. The third-order valence-electron chi connectivity index (χ3n) is 6.65. The lowest BCUT2D eigenvalue weighted by Gasteiger charge is -2.39. The first kappa shape index (κ1) is 22.7. The number of carboxylic acids is 1. The molecule has 0 bridgehead atoms. The quantitative estimate of drug-likeness (QED) is 0.238. The van der Waals surface area contributed by atoms with Crippen molar-refractivity contribution >= 4 is 40.7 Å². The second-order valence-electron chi connectivity index (χ2n) is 8.50. The van der Waals surface area contributed by atoms with E-state index in [0.717, 1.165) is 11.1 Å². The number of halogens is 2. The highest BCUT2D eigenvalue weighted by Gasteiger charge is 2.51. The van der Waals surface area contributed by atoms with Crippen LogP contribution in [0.1, 0.15) is 39.9 Å². The zero-order valence-corrected chi connectivity index (χ0v) is 19.3. The first-order valence-corrected chi connectivity index (χ1v) is 12.1. The van der Waals surface area contributed by atoms with E-state index in [4.69, 9.17) is 11.6 Å². The van der Waals surface area contributed by atoms with E-state index in [9.17, 15) is 24.4 Å². The van der Waals surface area contributed by atoms with Gasteiger partial charge in [0.05, 0.1) is 32.5 Å². The highest BCUT2D eigenvalue weighted by molar-refractivity contribution is 8.00. The number of nitro benzene ring substituents is 1. The molecular weight excluding hydrogens is 479 g/mol. The van der Waals surface area contributed by atoms with Crippen LogP contribution in [0.25, 0.3) is 0 Å². The molecule has 34 heavy (non-hydrogen) atoms. The minimum absolute atomic E-state index is 0.00947. The van der Waals surface area contributed by atoms with Crippen LogP contribution in [-0.2, 0) is 0 Å². The number of carboxylic acid groups (broad SMARTS) is 1. The lowest BCUT2D eigenvalue weighted by atomic mass is 9.76. The zero-order valence-electron chi connectivity index (χ0n) is 17.7. The molecule has 6 nitrogen and oxygen atoms in total. The van der Waals surface area contributed by atoms with Crippen molar-refractivity contribution in [2.75, 3.05) is 5.32 Å². The Balaban J connectivity index is 1.57. The van der Waals surface area contributed by atoms with Crippen LogP contribution in [0.5, 0.6) is 0 Å². The number of anilines is 1. The molecule has 0 saturated heterocycles. The number of nitrogens with zero attached hydrogens (tertiary/aromatic N) is 1. The van der Waals surface area contributed by atoms with E-state index in [0.29, 0.717) is 17.0 Å². The molecule has 0 radical (unpaired) electrons. The number of aromatic carboxylic acids is 1. The van der Waals surface area contributed by atoms with Crippen LogP contribution in [0.2, 0.25) is 0 Å². The lowest BCUT2D eigenvalue weighted by molar-refractivity contribution is -0.387. The molecule has 3 aromatic carbocycles.